The Morgan fingerprint density at radius 1 is 0.310 bits per heavy atom. The average molecular weight is 2030 g/mol. The van der Waals surface area contributed by atoms with Crippen LogP contribution in [0.3, 0.4) is 0 Å². The molecular weight excluding hydrogens is 1960 g/mol. The summed E-state index contributed by atoms with van der Waals surface area (Å²) in [6.07, 6.45) is -6.70. The van der Waals surface area contributed by atoms with E-state index in [1.54, 1.807) is 88.4 Å². The van der Waals surface area contributed by atoms with E-state index in [1.165, 1.54) is 100 Å². The molecule has 720 valence electrons. The number of hydrogen-bond acceptors (Lipinski definition) is 14. The first kappa shape index (κ1) is 100. The van der Waals surface area contributed by atoms with E-state index < -0.39 is 118 Å². The quantitative estimate of drug-likeness (QED) is 0.0454. The number of rotatable bonds is 22. The summed E-state index contributed by atoms with van der Waals surface area (Å²) in [5.41, 5.74) is 3.66. The predicted octanol–water partition coefficient (Wildman–Crippen LogP) is 28.7. The minimum atomic E-state index is -4.78. The molecule has 0 unspecified atom stereocenters. The molecule has 0 N–H and O–H groups in total. The van der Waals surface area contributed by atoms with Crippen LogP contribution in [0.4, 0.5) is 61.5 Å². The van der Waals surface area contributed by atoms with Crippen LogP contribution in [-0.4, -0.2) is 79.4 Å². The fourth-order valence-corrected chi connectivity index (χ4v) is 22.5. The zero-order chi connectivity index (χ0) is 102. The summed E-state index contributed by atoms with van der Waals surface area (Å²) in [5.74, 6) is -6.13. The summed E-state index contributed by atoms with van der Waals surface area (Å²) in [6, 6.07) is 50.5. The van der Waals surface area contributed by atoms with Crippen LogP contribution in [0.25, 0.3) is 133 Å². The third-order valence-electron chi connectivity index (χ3n) is 23.8. The molecule has 0 aliphatic carbocycles. The number of pyridine rings is 1. The van der Waals surface area contributed by atoms with Gasteiger partial charge < -0.3 is 0 Å². The lowest BCUT2D eigenvalue weighted by Gasteiger charge is -2.17. The summed E-state index contributed by atoms with van der Waals surface area (Å²) in [7, 11) is -13.8. The van der Waals surface area contributed by atoms with Gasteiger partial charge in [0.15, 0.2) is 17.3 Å². The number of hydrogen-bond donors (Lipinski definition) is 0. The molecule has 18 aromatic rings. The van der Waals surface area contributed by atoms with E-state index in [9.17, 15) is 87.9 Å². The molecule has 12 aromatic carbocycles. The van der Waals surface area contributed by atoms with Gasteiger partial charge in [0.05, 0.1) is 58.9 Å². The van der Waals surface area contributed by atoms with Crippen molar-refractivity contribution < 1.29 is 101 Å². The van der Waals surface area contributed by atoms with E-state index in [2.05, 4.69) is 24.9 Å². The second-order valence-electron chi connectivity index (χ2n) is 32.9. The smallest absolute Gasteiger partial charge is 0.268 e. The van der Waals surface area contributed by atoms with Gasteiger partial charge in [-0.3, -0.25) is 19.4 Å². The third kappa shape index (κ3) is 18.9. The van der Waals surface area contributed by atoms with Crippen molar-refractivity contribution in [1.29, 1.82) is 0 Å². The second-order valence-corrected chi connectivity index (χ2v) is 39.0. The van der Waals surface area contributed by atoms with Crippen LogP contribution >= 0.6 is 23.2 Å². The molecule has 0 radical (unpaired) electrons. The number of carbonyl (C=O) groups is 3. The largest absolute Gasteiger partial charge is 0.295 e. The van der Waals surface area contributed by atoms with Gasteiger partial charge in [-0.1, -0.05) is 126 Å². The van der Waals surface area contributed by atoms with Crippen molar-refractivity contribution in [3.05, 3.63) is 380 Å². The van der Waals surface area contributed by atoms with Crippen LogP contribution in [0.5, 0.6) is 0 Å². The van der Waals surface area contributed by atoms with Gasteiger partial charge in [0.25, 0.3) is 55.8 Å². The molecule has 0 fully saturated rings. The lowest BCUT2D eigenvalue weighted by molar-refractivity contribution is 0.100. The number of Topliss-reactive ketones (excluding diaryl/α,β-unsaturated/α-hetero) is 3. The first-order valence-electron chi connectivity index (χ1n) is 42.7. The van der Waals surface area contributed by atoms with Gasteiger partial charge in [-0.15, -0.1) is 0 Å². The topological polar surface area (TPSA) is 233 Å². The fourth-order valence-electron chi connectivity index (χ4n) is 17.2. The van der Waals surface area contributed by atoms with E-state index in [0.717, 1.165) is 146 Å². The molecule has 6 aromatic heterocycles. The molecule has 142 heavy (non-hydrogen) atoms. The number of benzene rings is 12. The van der Waals surface area contributed by atoms with Crippen LogP contribution in [-0.2, 0) is 30.1 Å². The van der Waals surface area contributed by atoms with Crippen molar-refractivity contribution >= 4 is 103 Å². The maximum absolute atomic E-state index is 15.5. The summed E-state index contributed by atoms with van der Waals surface area (Å²) in [5, 5.41) is 0.687. The van der Waals surface area contributed by atoms with Crippen LogP contribution in [0.1, 0.15) is 128 Å². The molecule has 0 atom stereocenters. The SMILES string of the molecule is CC(=O)c1cc(F)c(-c2cccc(-c3c(-c4c(C)cncc4C(F)F)c4cc(F)ccc4n3S(=O)(=O)c3ccc(C(F)F)cc3)c2)c(F)c1.CC(=O)c1cc(F)c(-c2cccc(-c3c(-c4c(C)ncnc4C)c4cc(F)ccc4n3S(=O)(=O)c3ccc(C(F)F)cc3)c2)c(Cl)c1.CC(=O)c1ccc(-c2cccc(-c3c(-c4c(C)ncnc4C)c4cc(F)ccc4n3S(=O)(=O)c3ccc(C(F)F)cc3)c2)c(Cl)c1. The molecule has 0 bridgehead atoms. The summed E-state index contributed by atoms with van der Waals surface area (Å²) in [4.78, 5) is 55.9. The Morgan fingerprint density at radius 2 is 0.627 bits per heavy atom. The van der Waals surface area contributed by atoms with E-state index in [-0.39, 0.29) is 143 Å². The number of aromatic nitrogens is 8. The minimum Gasteiger partial charge on any atom is -0.295 e. The first-order valence-corrected chi connectivity index (χ1v) is 47.8. The number of halogens is 16. The molecule has 0 amide bonds. The zero-order valence-corrected chi connectivity index (χ0v) is 79.2. The van der Waals surface area contributed by atoms with Crippen LogP contribution in [0.15, 0.2) is 282 Å². The highest BCUT2D eigenvalue weighted by Gasteiger charge is 2.37. The lowest BCUT2D eigenvalue weighted by atomic mass is 9.91. The molecule has 36 heteroatoms. The Hall–Kier alpha value is -15.0. The number of fused-ring (bicyclic) bond motifs is 3. The van der Waals surface area contributed by atoms with E-state index in [4.69, 9.17) is 23.2 Å². The molecule has 18 rings (SSSR count). The highest BCUT2D eigenvalue weighted by Crippen LogP contribution is 2.52. The monoisotopic (exact) mass is 2030 g/mol. The van der Waals surface area contributed by atoms with Gasteiger partial charge in [0.1, 0.15) is 47.6 Å². The lowest BCUT2D eigenvalue weighted by Crippen LogP contribution is -2.14. The Bertz CT molecular complexity index is 8500. The van der Waals surface area contributed by atoms with Crippen LogP contribution < -0.4 is 0 Å². The highest BCUT2D eigenvalue weighted by molar-refractivity contribution is 7.91. The fraction of sp³-hybridized carbons (Fsp3) is 0.113. The molecule has 0 spiro atoms. The normalized spacial score (nSPS) is 11.9. The highest BCUT2D eigenvalue weighted by atomic mass is 35.5. The number of alkyl halides is 8. The van der Waals surface area contributed by atoms with Gasteiger partial charge in [-0.2, -0.15) is 0 Å². The number of aryl methyl sites for hydroxylation is 5. The van der Waals surface area contributed by atoms with Crippen molar-refractivity contribution in [2.45, 2.75) is 95.8 Å². The molecule has 6 heterocycles. The number of ketones is 3. The Kier molecular flexibility index (Phi) is 27.9. The summed E-state index contributed by atoms with van der Waals surface area (Å²) >= 11 is 13.1. The maximum atomic E-state index is 15.5. The van der Waals surface area contributed by atoms with Crippen molar-refractivity contribution in [1.82, 2.24) is 36.8 Å². The van der Waals surface area contributed by atoms with Crippen molar-refractivity contribution in [2.75, 3.05) is 0 Å². The van der Waals surface area contributed by atoms with Crippen LogP contribution in [0.2, 0.25) is 10.0 Å². The predicted molar refractivity (Wildman–Crippen MR) is 514 cm³/mol. The summed E-state index contributed by atoms with van der Waals surface area (Å²) < 4.78 is 290. The van der Waals surface area contributed by atoms with E-state index in [0.29, 0.717) is 72.3 Å². The van der Waals surface area contributed by atoms with Crippen molar-refractivity contribution in [2.24, 2.45) is 0 Å². The van der Waals surface area contributed by atoms with Gasteiger partial charge in [-0.05, 0) is 223 Å². The van der Waals surface area contributed by atoms with E-state index in [1.807, 2.05) is 0 Å². The Balaban J connectivity index is 0.000000153. The number of nitrogens with zero attached hydrogens (tertiary/aromatic N) is 8. The van der Waals surface area contributed by atoms with Crippen molar-refractivity contribution in [3.8, 4) is 101 Å². The molecule has 0 aliphatic heterocycles. The molecule has 17 nitrogen and oxygen atoms in total. The van der Waals surface area contributed by atoms with Gasteiger partial charge in [0, 0.05) is 151 Å². The summed E-state index contributed by atoms with van der Waals surface area (Å²) in [6.45, 7) is 12.2. The van der Waals surface area contributed by atoms with Crippen LogP contribution in [0, 0.1) is 69.5 Å². The molecular formula is C106H72Cl2F14N8O9S3. The van der Waals surface area contributed by atoms with Gasteiger partial charge >= 0.3 is 0 Å². The Morgan fingerprint density at radius 3 is 0.965 bits per heavy atom. The van der Waals surface area contributed by atoms with Gasteiger partial charge in [0.2, 0.25) is 0 Å². The zero-order valence-electron chi connectivity index (χ0n) is 75.2. The average Bonchev–Trinajstić information content (AvgIpc) is 1.56. The van der Waals surface area contributed by atoms with E-state index >= 15 is 13.2 Å². The molecule has 0 saturated carbocycles. The van der Waals surface area contributed by atoms with Crippen molar-refractivity contribution in [3.63, 3.8) is 0 Å². The second kappa shape index (κ2) is 39.6. The first-order chi connectivity index (χ1) is 67.4. The molecule has 0 aliphatic rings. The minimum absolute atomic E-state index is 0.0189. The molecule has 0 saturated heterocycles. The standard InChI is InChI=1S/C36H23F7N2O3S.C35H24ClF4N3O3S.C35H25ClF3N3O3S/c1-18-16-44-17-27(36(42)43)31(18)33-26-15-24(37)8-11-30(26)45(49(47,48)25-9-6-20(7-10-25)35(40)41)34(33)22-5-3-4-21(12-22)32-28(38)13-23(19(2)46)14-29(32)39;1-18-31(19(2)42-17-41-18)33-27-16-25(37)9-12-30(27)43(47(45,46)26-10-7-21(8-11-26)35(39)40)34(33)23-6-4-5-22(13-23)32-28(36)14-24(20(3)44)15-29(32)38;1-19-32(20(2)41-18-40-19)33-29-17-26(37)10-14-31(29)42(46(44,45)27-11-7-22(8-12-27)35(38)39)34(33)25-6-4-5-24(15-25)28-13-9-23(21(3)43)16-30(28)36/h3-17,35-36H,1-2H3;4-17,35H,1-3H3;4-18,35H,1-3H3. The Labute approximate surface area is 812 Å². The maximum Gasteiger partial charge on any atom is 0.268 e. The third-order valence-corrected chi connectivity index (χ3v) is 29.6. The number of carbonyl (C=O) groups excluding carboxylic acids is 3. The van der Waals surface area contributed by atoms with Gasteiger partial charge in [-0.25, -0.2) is 119 Å².